The number of hydrazine groups is 1. The van der Waals surface area contributed by atoms with Gasteiger partial charge in [-0.15, -0.1) is 4.83 Å². The van der Waals surface area contributed by atoms with E-state index in [0.29, 0.717) is 6.61 Å². The Hall–Kier alpha value is -0.210. The SMILES string of the molecule is COCCNS(=O)(=O)NN. The third kappa shape index (κ3) is 4.65. The number of hydrogen-bond acceptors (Lipinski definition) is 4. The maximum absolute atomic E-state index is 10.5. The molecule has 7 heteroatoms. The van der Waals surface area contributed by atoms with Crippen LogP contribution in [0.3, 0.4) is 0 Å². The van der Waals surface area contributed by atoms with Gasteiger partial charge in [-0.2, -0.15) is 13.1 Å². The minimum atomic E-state index is -3.49. The summed E-state index contributed by atoms with van der Waals surface area (Å²) >= 11 is 0. The average molecular weight is 169 g/mol. The molecule has 4 N–H and O–H groups in total. The van der Waals surface area contributed by atoms with Crippen LogP contribution in [0.1, 0.15) is 0 Å². The molecule has 0 amide bonds. The molecule has 10 heavy (non-hydrogen) atoms. The summed E-state index contributed by atoms with van der Waals surface area (Å²) in [4.78, 5) is 1.61. The zero-order chi connectivity index (χ0) is 8.04. The minimum Gasteiger partial charge on any atom is -0.383 e. The number of hydrogen-bond donors (Lipinski definition) is 3. The molecular formula is C3H11N3O3S. The maximum Gasteiger partial charge on any atom is 0.289 e. The summed E-state index contributed by atoms with van der Waals surface area (Å²) in [7, 11) is -2.02. The molecule has 0 saturated heterocycles. The largest absolute Gasteiger partial charge is 0.383 e. The molecule has 0 aromatic rings. The average Bonchev–Trinajstić information content (AvgIpc) is 1.89. The Bertz CT molecular complexity index is 166. The summed E-state index contributed by atoms with van der Waals surface area (Å²) in [5.41, 5.74) is 0. The van der Waals surface area contributed by atoms with Gasteiger partial charge in [0.05, 0.1) is 6.61 Å². The van der Waals surface area contributed by atoms with Gasteiger partial charge in [0.1, 0.15) is 0 Å². The highest BCUT2D eigenvalue weighted by atomic mass is 32.2. The van der Waals surface area contributed by atoms with Crippen LogP contribution in [-0.4, -0.2) is 28.7 Å². The summed E-state index contributed by atoms with van der Waals surface area (Å²) in [6.07, 6.45) is 0. The van der Waals surface area contributed by atoms with Crippen LogP contribution in [0.4, 0.5) is 0 Å². The lowest BCUT2D eigenvalue weighted by Crippen LogP contribution is -2.41. The van der Waals surface area contributed by atoms with Crippen molar-refractivity contribution in [1.82, 2.24) is 9.55 Å². The Labute approximate surface area is 59.9 Å². The molecule has 0 fully saturated rings. The second-order valence-electron chi connectivity index (χ2n) is 1.51. The van der Waals surface area contributed by atoms with Gasteiger partial charge in [0, 0.05) is 13.7 Å². The number of methoxy groups -OCH3 is 1. The minimum absolute atomic E-state index is 0.211. The number of nitrogens with one attached hydrogen (secondary N) is 2. The van der Waals surface area contributed by atoms with Gasteiger partial charge < -0.3 is 4.74 Å². The maximum atomic E-state index is 10.5. The first-order valence-corrected chi connectivity index (χ1v) is 4.06. The first-order valence-electron chi connectivity index (χ1n) is 2.58. The molecule has 6 nitrogen and oxygen atoms in total. The molecule has 0 heterocycles. The lowest BCUT2D eigenvalue weighted by atomic mass is 10.7. The van der Waals surface area contributed by atoms with Crippen LogP contribution in [0.25, 0.3) is 0 Å². The molecular weight excluding hydrogens is 158 g/mol. The molecule has 0 saturated carbocycles. The molecule has 0 bridgehead atoms. The van der Waals surface area contributed by atoms with E-state index in [1.165, 1.54) is 7.11 Å². The topological polar surface area (TPSA) is 93.4 Å². The molecule has 0 aliphatic carbocycles. The van der Waals surface area contributed by atoms with Crippen LogP contribution in [0, 0.1) is 0 Å². The van der Waals surface area contributed by atoms with E-state index in [4.69, 9.17) is 0 Å². The molecule has 0 aliphatic heterocycles. The van der Waals surface area contributed by atoms with E-state index < -0.39 is 10.2 Å². The monoisotopic (exact) mass is 169 g/mol. The van der Waals surface area contributed by atoms with Crippen molar-refractivity contribution in [3.63, 3.8) is 0 Å². The van der Waals surface area contributed by atoms with Gasteiger partial charge >= 0.3 is 0 Å². The van der Waals surface area contributed by atoms with Crippen LogP contribution >= 0.6 is 0 Å². The highest BCUT2D eigenvalue weighted by Gasteiger charge is 2.02. The molecule has 0 spiro atoms. The highest BCUT2D eigenvalue weighted by molar-refractivity contribution is 7.87. The summed E-state index contributed by atoms with van der Waals surface area (Å²) < 4.78 is 27.6. The van der Waals surface area contributed by atoms with E-state index in [-0.39, 0.29) is 6.54 Å². The van der Waals surface area contributed by atoms with Crippen LogP contribution in [0.2, 0.25) is 0 Å². The normalized spacial score (nSPS) is 11.8. The fraction of sp³-hybridized carbons (Fsp3) is 1.00. The Morgan fingerprint density at radius 2 is 2.20 bits per heavy atom. The first-order chi connectivity index (χ1) is 4.62. The van der Waals surface area contributed by atoms with E-state index in [1.54, 1.807) is 4.83 Å². The van der Waals surface area contributed by atoms with Gasteiger partial charge in [-0.25, -0.2) is 0 Å². The molecule has 0 radical (unpaired) electrons. The van der Waals surface area contributed by atoms with Crippen molar-refractivity contribution in [2.45, 2.75) is 0 Å². The Kier molecular flexibility index (Phi) is 4.49. The van der Waals surface area contributed by atoms with Gasteiger partial charge in [-0.1, -0.05) is 0 Å². The standard InChI is InChI=1S/C3H11N3O3S/c1-9-3-2-5-10(7,8)6-4/h5-6H,2-4H2,1H3. The summed E-state index contributed by atoms with van der Waals surface area (Å²) in [5.74, 6) is 4.65. The zero-order valence-electron chi connectivity index (χ0n) is 5.62. The van der Waals surface area contributed by atoms with Gasteiger partial charge in [0.25, 0.3) is 10.2 Å². The number of rotatable bonds is 5. The molecule has 0 aliphatic rings. The molecule has 0 rings (SSSR count). The van der Waals surface area contributed by atoms with Crippen LogP contribution in [0.5, 0.6) is 0 Å². The van der Waals surface area contributed by atoms with Gasteiger partial charge in [-0.3, -0.25) is 5.84 Å². The molecule has 0 atom stereocenters. The number of ether oxygens (including phenoxy) is 1. The molecule has 0 unspecified atom stereocenters. The van der Waals surface area contributed by atoms with Crippen molar-refractivity contribution in [3.8, 4) is 0 Å². The smallest absolute Gasteiger partial charge is 0.289 e. The number of nitrogens with two attached hydrogens (primary N) is 1. The first kappa shape index (κ1) is 9.79. The third-order valence-corrected chi connectivity index (χ3v) is 1.65. The fourth-order valence-electron chi connectivity index (χ4n) is 0.320. The predicted molar refractivity (Wildman–Crippen MR) is 36.1 cm³/mol. The van der Waals surface area contributed by atoms with Crippen molar-refractivity contribution in [3.05, 3.63) is 0 Å². The van der Waals surface area contributed by atoms with Gasteiger partial charge in [0.2, 0.25) is 0 Å². The lowest BCUT2D eigenvalue weighted by Gasteiger charge is -2.02. The van der Waals surface area contributed by atoms with E-state index in [2.05, 4.69) is 15.3 Å². The second-order valence-corrected chi connectivity index (χ2v) is 3.04. The van der Waals surface area contributed by atoms with Crippen LogP contribution < -0.4 is 15.4 Å². The van der Waals surface area contributed by atoms with Crippen LogP contribution in [0.15, 0.2) is 0 Å². The molecule has 0 aromatic heterocycles. The predicted octanol–water partition coefficient (Wildman–Crippen LogP) is -2.07. The van der Waals surface area contributed by atoms with E-state index in [0.717, 1.165) is 0 Å². The Morgan fingerprint density at radius 1 is 1.60 bits per heavy atom. The zero-order valence-corrected chi connectivity index (χ0v) is 6.44. The van der Waals surface area contributed by atoms with Crippen molar-refractivity contribution in [1.29, 1.82) is 0 Å². The van der Waals surface area contributed by atoms with Crippen molar-refractivity contribution >= 4 is 10.2 Å². The van der Waals surface area contributed by atoms with Gasteiger partial charge in [0.15, 0.2) is 0 Å². The molecule has 62 valence electrons. The van der Waals surface area contributed by atoms with E-state index in [9.17, 15) is 8.42 Å². The summed E-state index contributed by atoms with van der Waals surface area (Å²) in [6.45, 7) is 0.532. The quantitative estimate of drug-likeness (QED) is 0.250. The molecule has 0 aromatic carbocycles. The van der Waals surface area contributed by atoms with E-state index in [1.807, 2.05) is 0 Å². The van der Waals surface area contributed by atoms with Gasteiger partial charge in [-0.05, 0) is 0 Å². The Morgan fingerprint density at radius 3 is 2.60 bits per heavy atom. The lowest BCUT2D eigenvalue weighted by molar-refractivity contribution is 0.204. The van der Waals surface area contributed by atoms with Crippen molar-refractivity contribution in [2.75, 3.05) is 20.3 Å². The second kappa shape index (κ2) is 4.58. The fourth-order valence-corrected chi connectivity index (χ4v) is 0.755. The third-order valence-electron chi connectivity index (χ3n) is 0.753. The van der Waals surface area contributed by atoms with Crippen LogP contribution in [-0.2, 0) is 14.9 Å². The van der Waals surface area contributed by atoms with E-state index >= 15 is 0 Å². The highest BCUT2D eigenvalue weighted by Crippen LogP contribution is 1.70. The Balaban J connectivity index is 3.49. The summed E-state index contributed by atoms with van der Waals surface area (Å²) in [6, 6.07) is 0. The summed E-state index contributed by atoms with van der Waals surface area (Å²) in [5, 5.41) is 0. The van der Waals surface area contributed by atoms with Crippen molar-refractivity contribution < 1.29 is 13.2 Å². The van der Waals surface area contributed by atoms with Crippen molar-refractivity contribution in [2.24, 2.45) is 5.84 Å².